The van der Waals surface area contributed by atoms with Crippen molar-refractivity contribution in [2.45, 2.75) is 32.2 Å². The van der Waals surface area contributed by atoms with Gasteiger partial charge < -0.3 is 19.6 Å². The third-order valence-electron chi connectivity index (χ3n) is 5.48. The molecule has 3 rings (SSSR count). The molecule has 1 aromatic carbocycles. The second kappa shape index (κ2) is 9.66. The molecule has 31 heavy (non-hydrogen) atoms. The van der Waals surface area contributed by atoms with E-state index in [4.69, 9.17) is 4.74 Å². The SMILES string of the molecule is COc1ccc(/C(O)=C2/C(=O)C(=O)N(CCCN(C)C)C2c2cccs2)cc1C(C)C. The van der Waals surface area contributed by atoms with Crippen LogP contribution in [-0.2, 0) is 9.59 Å². The molecule has 166 valence electrons. The number of benzene rings is 1. The Kier molecular flexibility index (Phi) is 7.18. The van der Waals surface area contributed by atoms with Crippen molar-refractivity contribution in [2.24, 2.45) is 0 Å². The fourth-order valence-electron chi connectivity index (χ4n) is 3.90. The Labute approximate surface area is 187 Å². The van der Waals surface area contributed by atoms with Crippen molar-refractivity contribution in [2.75, 3.05) is 34.3 Å². The van der Waals surface area contributed by atoms with Gasteiger partial charge in [-0.3, -0.25) is 9.59 Å². The molecule has 0 bridgehead atoms. The van der Waals surface area contributed by atoms with E-state index in [0.29, 0.717) is 12.1 Å². The maximum absolute atomic E-state index is 13.0. The van der Waals surface area contributed by atoms with Crippen LogP contribution in [0.5, 0.6) is 5.75 Å². The van der Waals surface area contributed by atoms with Crippen molar-refractivity contribution in [3.05, 3.63) is 57.3 Å². The van der Waals surface area contributed by atoms with Crippen LogP contribution in [0.15, 0.2) is 41.3 Å². The molecule has 1 saturated heterocycles. The van der Waals surface area contributed by atoms with E-state index >= 15 is 0 Å². The smallest absolute Gasteiger partial charge is 0.295 e. The molecule has 1 N–H and O–H groups in total. The lowest BCUT2D eigenvalue weighted by molar-refractivity contribution is -0.139. The Balaban J connectivity index is 2.08. The first-order valence-electron chi connectivity index (χ1n) is 10.4. The van der Waals surface area contributed by atoms with E-state index in [1.54, 1.807) is 24.1 Å². The number of aliphatic hydroxyl groups is 1. The molecule has 1 aromatic heterocycles. The third kappa shape index (κ3) is 4.67. The van der Waals surface area contributed by atoms with Crippen LogP contribution in [0.3, 0.4) is 0 Å². The molecule has 0 spiro atoms. The van der Waals surface area contributed by atoms with Gasteiger partial charge in [0.15, 0.2) is 0 Å². The second-order valence-corrected chi connectivity index (χ2v) is 9.26. The summed E-state index contributed by atoms with van der Waals surface area (Å²) in [4.78, 5) is 30.4. The Morgan fingerprint density at radius 2 is 2.00 bits per heavy atom. The second-order valence-electron chi connectivity index (χ2n) is 8.28. The number of methoxy groups -OCH3 is 1. The zero-order valence-corrected chi connectivity index (χ0v) is 19.5. The Hall–Kier alpha value is -2.64. The van der Waals surface area contributed by atoms with E-state index in [-0.39, 0.29) is 17.3 Å². The van der Waals surface area contributed by atoms with Gasteiger partial charge in [-0.15, -0.1) is 11.3 Å². The number of aliphatic hydroxyl groups excluding tert-OH is 1. The minimum Gasteiger partial charge on any atom is -0.507 e. The molecule has 0 aliphatic carbocycles. The summed E-state index contributed by atoms with van der Waals surface area (Å²) in [5.74, 6) is -0.440. The highest BCUT2D eigenvalue weighted by atomic mass is 32.1. The van der Waals surface area contributed by atoms with Crippen LogP contribution < -0.4 is 4.74 Å². The fraction of sp³-hybridized carbons (Fsp3) is 0.417. The zero-order valence-electron chi connectivity index (χ0n) is 18.7. The van der Waals surface area contributed by atoms with Gasteiger partial charge in [-0.25, -0.2) is 0 Å². The molecule has 1 atom stereocenters. The van der Waals surface area contributed by atoms with Crippen LogP contribution >= 0.6 is 11.3 Å². The molecular formula is C24H30N2O4S. The number of hydrogen-bond donors (Lipinski definition) is 1. The minimum absolute atomic E-state index is 0.142. The lowest BCUT2D eigenvalue weighted by Gasteiger charge is -2.24. The predicted molar refractivity (Wildman–Crippen MR) is 124 cm³/mol. The van der Waals surface area contributed by atoms with E-state index in [1.807, 2.05) is 56.4 Å². The number of carbonyl (C=O) groups is 2. The standard InChI is InChI=1S/C24H30N2O4S/c1-15(2)17-14-16(9-10-18(17)30-5)22(27)20-21(19-8-6-13-31-19)26(24(29)23(20)28)12-7-11-25(3)4/h6,8-10,13-15,21,27H,7,11-12H2,1-5H3/b22-20-. The van der Waals surface area contributed by atoms with Crippen LogP contribution in [0, 0.1) is 0 Å². The van der Waals surface area contributed by atoms with E-state index in [9.17, 15) is 14.7 Å². The van der Waals surface area contributed by atoms with Gasteiger partial charge in [-0.1, -0.05) is 19.9 Å². The summed E-state index contributed by atoms with van der Waals surface area (Å²) >= 11 is 1.48. The van der Waals surface area contributed by atoms with Crippen molar-refractivity contribution in [1.29, 1.82) is 0 Å². The highest BCUT2D eigenvalue weighted by Gasteiger charge is 2.46. The number of rotatable bonds is 8. The molecule has 0 saturated carbocycles. The maximum atomic E-state index is 13.0. The van der Waals surface area contributed by atoms with Crippen molar-refractivity contribution in [1.82, 2.24) is 9.80 Å². The molecule has 2 heterocycles. The molecule has 1 aliphatic rings. The van der Waals surface area contributed by atoms with E-state index in [2.05, 4.69) is 0 Å². The normalized spacial score (nSPS) is 18.4. The number of nitrogens with zero attached hydrogens (tertiary/aromatic N) is 2. The molecule has 6 nitrogen and oxygen atoms in total. The van der Waals surface area contributed by atoms with Crippen molar-refractivity contribution in [3.8, 4) is 5.75 Å². The fourth-order valence-corrected chi connectivity index (χ4v) is 4.74. The Morgan fingerprint density at radius 3 is 2.58 bits per heavy atom. The number of thiophene rings is 1. The summed E-state index contributed by atoms with van der Waals surface area (Å²) in [5, 5.41) is 13.1. The quantitative estimate of drug-likeness (QED) is 0.376. The first-order chi connectivity index (χ1) is 14.8. The number of likely N-dealkylation sites (tertiary alicyclic amines) is 1. The van der Waals surface area contributed by atoms with E-state index in [1.165, 1.54) is 11.3 Å². The zero-order chi connectivity index (χ0) is 22.7. The van der Waals surface area contributed by atoms with Crippen LogP contribution in [0.25, 0.3) is 5.76 Å². The molecule has 2 aromatic rings. The lowest BCUT2D eigenvalue weighted by Crippen LogP contribution is -2.32. The molecule has 0 radical (unpaired) electrons. The summed E-state index contributed by atoms with van der Waals surface area (Å²) < 4.78 is 5.44. The molecule has 1 unspecified atom stereocenters. The van der Waals surface area contributed by atoms with Gasteiger partial charge >= 0.3 is 0 Å². The lowest BCUT2D eigenvalue weighted by atomic mass is 9.95. The number of Topliss-reactive ketones (excluding diaryl/α,β-unsaturated/α-hetero) is 1. The van der Waals surface area contributed by atoms with Crippen LogP contribution in [0.2, 0.25) is 0 Å². The number of hydrogen-bond acceptors (Lipinski definition) is 6. The van der Waals surface area contributed by atoms with Gasteiger partial charge in [-0.05, 0) is 68.2 Å². The topological polar surface area (TPSA) is 70.1 Å². The number of carbonyl (C=O) groups excluding carboxylic acids is 2. The van der Waals surface area contributed by atoms with Gasteiger partial charge in [0.25, 0.3) is 11.7 Å². The average Bonchev–Trinajstić information content (AvgIpc) is 3.35. The van der Waals surface area contributed by atoms with E-state index in [0.717, 1.165) is 29.2 Å². The first-order valence-corrected chi connectivity index (χ1v) is 11.3. The van der Waals surface area contributed by atoms with Gasteiger partial charge in [0.05, 0.1) is 18.7 Å². The molecule has 7 heteroatoms. The summed E-state index contributed by atoms with van der Waals surface area (Å²) in [6.07, 6.45) is 0.738. The van der Waals surface area contributed by atoms with E-state index < -0.39 is 17.7 Å². The number of ketones is 1. The first kappa shape index (κ1) is 23.0. The Bertz CT molecular complexity index is 979. The molecule has 1 aliphatic heterocycles. The van der Waals surface area contributed by atoms with Gasteiger partial charge in [0, 0.05) is 17.0 Å². The van der Waals surface area contributed by atoms with Crippen LogP contribution in [0.1, 0.15) is 48.2 Å². The summed E-state index contributed by atoms with van der Waals surface area (Å²) in [5.41, 5.74) is 1.59. The predicted octanol–water partition coefficient (Wildman–Crippen LogP) is 4.25. The summed E-state index contributed by atoms with van der Waals surface area (Å²) in [7, 11) is 5.55. The third-order valence-corrected chi connectivity index (χ3v) is 6.41. The monoisotopic (exact) mass is 442 g/mol. The minimum atomic E-state index is -0.636. The number of ether oxygens (including phenoxy) is 1. The molecular weight excluding hydrogens is 412 g/mol. The Morgan fingerprint density at radius 1 is 1.26 bits per heavy atom. The molecule has 1 fully saturated rings. The largest absolute Gasteiger partial charge is 0.507 e. The summed E-state index contributed by atoms with van der Waals surface area (Å²) in [6.45, 7) is 5.33. The molecule has 1 amide bonds. The van der Waals surface area contributed by atoms with Gasteiger partial charge in [-0.2, -0.15) is 0 Å². The van der Waals surface area contributed by atoms with Crippen LogP contribution in [0.4, 0.5) is 0 Å². The van der Waals surface area contributed by atoms with Crippen LogP contribution in [-0.4, -0.2) is 60.9 Å². The van der Waals surface area contributed by atoms with Crippen molar-refractivity contribution >= 4 is 28.8 Å². The number of amides is 1. The van der Waals surface area contributed by atoms with Crippen molar-refractivity contribution < 1.29 is 19.4 Å². The highest BCUT2D eigenvalue weighted by molar-refractivity contribution is 7.10. The average molecular weight is 443 g/mol. The van der Waals surface area contributed by atoms with Gasteiger partial charge in [0.1, 0.15) is 11.5 Å². The summed E-state index contributed by atoms with van der Waals surface area (Å²) in [6, 6.07) is 8.57. The highest BCUT2D eigenvalue weighted by Crippen LogP contribution is 2.41. The van der Waals surface area contributed by atoms with Crippen molar-refractivity contribution in [3.63, 3.8) is 0 Å². The maximum Gasteiger partial charge on any atom is 0.295 e. The van der Waals surface area contributed by atoms with Gasteiger partial charge in [0.2, 0.25) is 0 Å².